The highest BCUT2D eigenvalue weighted by atomic mass is 19.1. The first kappa shape index (κ1) is 18.5. The monoisotopic (exact) mass is 398 g/mol. The molecule has 0 aliphatic carbocycles. The molecule has 2 heterocycles. The van der Waals surface area contributed by atoms with Crippen LogP contribution in [0.3, 0.4) is 0 Å². The Balaban J connectivity index is 1.53. The van der Waals surface area contributed by atoms with Crippen LogP contribution in [-0.4, -0.2) is 37.4 Å². The molecule has 1 amide bonds. The normalized spacial score (nSPS) is 11.9. The topological polar surface area (TPSA) is 96.0 Å². The van der Waals surface area contributed by atoms with E-state index in [9.17, 15) is 14.0 Å². The summed E-state index contributed by atoms with van der Waals surface area (Å²) in [5.74, 6) is -0.367. The van der Waals surface area contributed by atoms with Crippen molar-refractivity contribution in [2.45, 2.75) is 0 Å². The summed E-state index contributed by atoms with van der Waals surface area (Å²) < 4.78 is 34.4. The predicted molar refractivity (Wildman–Crippen MR) is 99.7 cm³/mol. The van der Waals surface area contributed by atoms with E-state index in [0.29, 0.717) is 28.1 Å². The minimum atomic E-state index is -0.675. The second-order valence-electron chi connectivity index (χ2n) is 6.06. The highest BCUT2D eigenvalue weighted by molar-refractivity contribution is 5.95. The molecule has 1 aliphatic heterocycles. The molecule has 0 saturated carbocycles. The number of anilines is 1. The SMILES string of the molecule is COC(=O)c1cc(OCC(=O)Nc2ccc3c(c2)OCO3)c2cc(F)ccc2n1. The van der Waals surface area contributed by atoms with Gasteiger partial charge in [-0.15, -0.1) is 0 Å². The lowest BCUT2D eigenvalue weighted by molar-refractivity contribution is -0.118. The fourth-order valence-corrected chi connectivity index (χ4v) is 2.81. The molecule has 9 heteroatoms. The molecule has 8 nitrogen and oxygen atoms in total. The number of nitrogens with zero attached hydrogens (tertiary/aromatic N) is 1. The maximum Gasteiger partial charge on any atom is 0.356 e. The summed E-state index contributed by atoms with van der Waals surface area (Å²) in [5.41, 5.74) is 0.821. The van der Waals surface area contributed by atoms with Crippen LogP contribution in [-0.2, 0) is 9.53 Å². The third kappa shape index (κ3) is 3.88. The van der Waals surface area contributed by atoms with Gasteiger partial charge >= 0.3 is 5.97 Å². The summed E-state index contributed by atoms with van der Waals surface area (Å²) in [5, 5.41) is 3.00. The molecular formula is C20H15FN2O6. The van der Waals surface area contributed by atoms with E-state index < -0.39 is 17.7 Å². The van der Waals surface area contributed by atoms with E-state index >= 15 is 0 Å². The Hall–Kier alpha value is -3.88. The van der Waals surface area contributed by atoms with E-state index in [1.807, 2.05) is 0 Å². The van der Waals surface area contributed by atoms with Crippen LogP contribution in [0.2, 0.25) is 0 Å². The average molecular weight is 398 g/mol. The van der Waals surface area contributed by atoms with Crippen LogP contribution < -0.4 is 19.5 Å². The lowest BCUT2D eigenvalue weighted by Crippen LogP contribution is -2.20. The molecule has 1 N–H and O–H groups in total. The number of halogens is 1. The third-order valence-corrected chi connectivity index (χ3v) is 4.14. The molecule has 29 heavy (non-hydrogen) atoms. The first-order valence-electron chi connectivity index (χ1n) is 8.54. The van der Waals surface area contributed by atoms with E-state index in [2.05, 4.69) is 15.0 Å². The van der Waals surface area contributed by atoms with Crippen LogP contribution in [0.1, 0.15) is 10.5 Å². The molecule has 0 radical (unpaired) electrons. The van der Waals surface area contributed by atoms with Crippen molar-refractivity contribution in [1.29, 1.82) is 0 Å². The zero-order valence-electron chi connectivity index (χ0n) is 15.2. The molecule has 1 aromatic heterocycles. The number of carbonyl (C=O) groups is 2. The summed E-state index contributed by atoms with van der Waals surface area (Å²) in [6, 6.07) is 10.1. The summed E-state index contributed by atoms with van der Waals surface area (Å²) in [7, 11) is 1.22. The van der Waals surface area contributed by atoms with Crippen molar-refractivity contribution >= 4 is 28.5 Å². The van der Waals surface area contributed by atoms with Crippen molar-refractivity contribution in [3.05, 3.63) is 54.0 Å². The van der Waals surface area contributed by atoms with Crippen LogP contribution in [0.4, 0.5) is 10.1 Å². The van der Waals surface area contributed by atoms with Crippen LogP contribution in [0.15, 0.2) is 42.5 Å². The molecule has 0 spiro atoms. The summed E-state index contributed by atoms with van der Waals surface area (Å²) in [4.78, 5) is 28.2. The Morgan fingerprint density at radius 3 is 2.79 bits per heavy atom. The number of ether oxygens (including phenoxy) is 4. The highest BCUT2D eigenvalue weighted by Gasteiger charge is 2.16. The fraction of sp³-hybridized carbons (Fsp3) is 0.150. The maximum atomic E-state index is 13.7. The van der Waals surface area contributed by atoms with Crippen LogP contribution in [0.5, 0.6) is 17.2 Å². The number of hydrogen-bond donors (Lipinski definition) is 1. The number of aromatic nitrogens is 1. The number of nitrogens with one attached hydrogen (secondary N) is 1. The molecule has 0 saturated heterocycles. The predicted octanol–water partition coefficient (Wildman–Crippen LogP) is 2.91. The lowest BCUT2D eigenvalue weighted by atomic mass is 10.1. The zero-order valence-corrected chi connectivity index (χ0v) is 15.2. The molecule has 0 bridgehead atoms. The molecule has 3 aromatic rings. The van der Waals surface area contributed by atoms with Gasteiger partial charge in [-0.05, 0) is 30.3 Å². The second-order valence-corrected chi connectivity index (χ2v) is 6.06. The Morgan fingerprint density at radius 1 is 1.14 bits per heavy atom. The lowest BCUT2D eigenvalue weighted by Gasteiger charge is -2.11. The second kappa shape index (κ2) is 7.63. The van der Waals surface area contributed by atoms with E-state index in [1.54, 1.807) is 18.2 Å². The van der Waals surface area contributed by atoms with Gasteiger partial charge in [0, 0.05) is 23.2 Å². The van der Waals surface area contributed by atoms with Gasteiger partial charge < -0.3 is 24.3 Å². The number of esters is 1. The number of pyridine rings is 1. The van der Waals surface area contributed by atoms with Crippen molar-refractivity contribution in [2.24, 2.45) is 0 Å². The van der Waals surface area contributed by atoms with Crippen LogP contribution >= 0.6 is 0 Å². The Labute approximate surface area is 164 Å². The van der Waals surface area contributed by atoms with E-state index in [-0.39, 0.29) is 24.8 Å². The van der Waals surface area contributed by atoms with Gasteiger partial charge in [-0.3, -0.25) is 4.79 Å². The van der Waals surface area contributed by atoms with Gasteiger partial charge in [0.05, 0.1) is 12.6 Å². The van der Waals surface area contributed by atoms with Gasteiger partial charge in [-0.1, -0.05) is 0 Å². The number of rotatable bonds is 5. The molecule has 0 unspecified atom stereocenters. The minimum absolute atomic E-state index is 0.0159. The first-order chi connectivity index (χ1) is 14.0. The van der Waals surface area contributed by atoms with Crippen LogP contribution in [0.25, 0.3) is 10.9 Å². The minimum Gasteiger partial charge on any atom is -0.483 e. The van der Waals surface area contributed by atoms with Crippen molar-refractivity contribution in [3.63, 3.8) is 0 Å². The van der Waals surface area contributed by atoms with Gasteiger partial charge in [0.1, 0.15) is 11.6 Å². The highest BCUT2D eigenvalue weighted by Crippen LogP contribution is 2.34. The van der Waals surface area contributed by atoms with Gasteiger partial charge in [-0.25, -0.2) is 14.2 Å². The summed E-state index contributed by atoms with van der Waals surface area (Å²) in [6.45, 7) is -0.241. The summed E-state index contributed by atoms with van der Waals surface area (Å²) >= 11 is 0. The van der Waals surface area contributed by atoms with Gasteiger partial charge in [0.25, 0.3) is 5.91 Å². The number of amides is 1. The third-order valence-electron chi connectivity index (χ3n) is 4.14. The van der Waals surface area contributed by atoms with Gasteiger partial charge in [-0.2, -0.15) is 0 Å². The molecule has 0 fully saturated rings. The van der Waals surface area contributed by atoms with Gasteiger partial charge in [0.2, 0.25) is 6.79 Å². The van der Waals surface area contributed by atoms with Crippen molar-refractivity contribution in [1.82, 2.24) is 4.98 Å². The number of carbonyl (C=O) groups excluding carboxylic acids is 2. The standard InChI is InChI=1S/C20H15FN2O6/c1-26-20(25)15-8-17(13-6-11(21)2-4-14(13)23-15)27-9-19(24)22-12-3-5-16-18(7-12)29-10-28-16/h2-8H,9-10H2,1H3,(H,22,24). The molecule has 4 rings (SSSR count). The van der Waals surface area contributed by atoms with E-state index in [4.69, 9.17) is 14.2 Å². The molecule has 148 valence electrons. The number of hydrogen-bond acceptors (Lipinski definition) is 7. The maximum absolute atomic E-state index is 13.7. The number of methoxy groups -OCH3 is 1. The summed E-state index contributed by atoms with van der Waals surface area (Å²) in [6.07, 6.45) is 0. The largest absolute Gasteiger partial charge is 0.483 e. The molecular weight excluding hydrogens is 383 g/mol. The fourth-order valence-electron chi connectivity index (χ4n) is 2.81. The van der Waals surface area contributed by atoms with E-state index in [1.165, 1.54) is 31.4 Å². The van der Waals surface area contributed by atoms with Crippen LogP contribution in [0, 0.1) is 5.82 Å². The number of benzene rings is 2. The average Bonchev–Trinajstić information content (AvgIpc) is 3.19. The Kier molecular flexibility index (Phi) is 4.86. The quantitative estimate of drug-likeness (QED) is 0.660. The number of fused-ring (bicyclic) bond motifs is 2. The van der Waals surface area contributed by atoms with Crippen molar-refractivity contribution in [2.75, 3.05) is 25.8 Å². The molecule has 1 aliphatic rings. The molecule has 2 aromatic carbocycles. The smallest absolute Gasteiger partial charge is 0.356 e. The molecule has 0 atom stereocenters. The van der Waals surface area contributed by atoms with Crippen molar-refractivity contribution < 1.29 is 32.9 Å². The first-order valence-corrected chi connectivity index (χ1v) is 8.54. The Bertz CT molecular complexity index is 1120. The van der Waals surface area contributed by atoms with Gasteiger partial charge in [0.15, 0.2) is 23.8 Å². The van der Waals surface area contributed by atoms with E-state index in [0.717, 1.165) is 0 Å². The van der Waals surface area contributed by atoms with Crippen molar-refractivity contribution in [3.8, 4) is 17.2 Å². The Morgan fingerprint density at radius 2 is 1.97 bits per heavy atom. The zero-order chi connectivity index (χ0) is 20.4.